The molecule has 5 atom stereocenters. The third-order valence-electron chi connectivity index (χ3n) is 8.02. The number of amides is 2. The van der Waals surface area contributed by atoms with Crippen molar-refractivity contribution in [3.8, 4) is 5.75 Å². The molecule has 196 valence electrons. The van der Waals surface area contributed by atoms with E-state index in [4.69, 9.17) is 10.5 Å². The number of nitrogens with two attached hydrogens (primary N) is 1. The minimum Gasteiger partial charge on any atom is -0.493 e. The van der Waals surface area contributed by atoms with Gasteiger partial charge in [0.25, 0.3) is 0 Å². The van der Waals surface area contributed by atoms with Crippen molar-refractivity contribution >= 4 is 17.8 Å². The third kappa shape index (κ3) is 4.67. The highest BCUT2D eigenvalue weighted by molar-refractivity contribution is 5.99. The highest BCUT2D eigenvalue weighted by atomic mass is 19.1. The molecule has 1 aromatic carbocycles. The fourth-order valence-corrected chi connectivity index (χ4v) is 5.59. The topological polar surface area (TPSA) is 110 Å². The largest absolute Gasteiger partial charge is 0.493 e. The molecule has 0 spiro atoms. The van der Waals surface area contributed by atoms with Gasteiger partial charge in [-0.25, -0.2) is 9.38 Å². The molecular formula is C28H34FN5O3. The number of nitrogens with zero attached hydrogens (tertiary/aromatic N) is 3. The maximum atomic E-state index is 14.2. The SMILES string of the molecule is CC[C@@]1(C)CC(=O)N(C(c2cncc(F)c2)C2CC2C(=O)N[C@@H]2c3ccccc3OCC2(C)C)C(N)=N1. The van der Waals surface area contributed by atoms with Gasteiger partial charge in [-0.3, -0.25) is 19.5 Å². The van der Waals surface area contributed by atoms with Crippen molar-refractivity contribution < 1.29 is 18.7 Å². The molecular weight excluding hydrogens is 473 g/mol. The average Bonchev–Trinajstić information content (AvgIpc) is 3.63. The van der Waals surface area contributed by atoms with Gasteiger partial charge >= 0.3 is 0 Å². The zero-order valence-electron chi connectivity index (χ0n) is 21.7. The van der Waals surface area contributed by atoms with Crippen LogP contribution in [0.5, 0.6) is 5.75 Å². The van der Waals surface area contributed by atoms with E-state index in [0.29, 0.717) is 25.0 Å². The second-order valence-electron chi connectivity index (χ2n) is 11.4. The molecule has 5 rings (SSSR count). The average molecular weight is 508 g/mol. The Labute approximate surface area is 216 Å². The van der Waals surface area contributed by atoms with E-state index in [2.05, 4.69) is 29.1 Å². The molecule has 1 aromatic heterocycles. The van der Waals surface area contributed by atoms with E-state index < -0.39 is 17.4 Å². The van der Waals surface area contributed by atoms with E-state index in [9.17, 15) is 14.0 Å². The molecule has 0 bridgehead atoms. The molecule has 37 heavy (non-hydrogen) atoms. The van der Waals surface area contributed by atoms with Crippen LogP contribution in [0.25, 0.3) is 0 Å². The first-order valence-electron chi connectivity index (χ1n) is 12.8. The van der Waals surface area contributed by atoms with Gasteiger partial charge in [0.2, 0.25) is 11.8 Å². The number of benzene rings is 1. The first kappa shape index (κ1) is 25.2. The van der Waals surface area contributed by atoms with Gasteiger partial charge in [-0.1, -0.05) is 39.0 Å². The van der Waals surface area contributed by atoms with E-state index in [1.165, 1.54) is 17.2 Å². The maximum absolute atomic E-state index is 14.2. The highest BCUT2D eigenvalue weighted by Crippen LogP contribution is 2.52. The zero-order chi connectivity index (χ0) is 26.5. The summed E-state index contributed by atoms with van der Waals surface area (Å²) in [6.07, 6.45) is 4.05. The quantitative estimate of drug-likeness (QED) is 0.617. The Morgan fingerprint density at radius 1 is 1.30 bits per heavy atom. The molecule has 3 heterocycles. The van der Waals surface area contributed by atoms with Gasteiger partial charge in [0, 0.05) is 23.1 Å². The summed E-state index contributed by atoms with van der Waals surface area (Å²) in [4.78, 5) is 37.0. The zero-order valence-corrected chi connectivity index (χ0v) is 21.7. The molecule has 0 radical (unpaired) electrons. The second kappa shape index (κ2) is 9.11. The first-order chi connectivity index (χ1) is 17.5. The minimum absolute atomic E-state index is 0.0976. The predicted molar refractivity (Wildman–Crippen MR) is 137 cm³/mol. The van der Waals surface area contributed by atoms with E-state index in [0.717, 1.165) is 17.5 Å². The number of pyridine rings is 1. The van der Waals surface area contributed by atoms with E-state index in [1.54, 1.807) is 0 Å². The number of fused-ring (bicyclic) bond motifs is 1. The maximum Gasteiger partial charge on any atom is 0.232 e. The summed E-state index contributed by atoms with van der Waals surface area (Å²) < 4.78 is 20.1. The molecule has 2 aromatic rings. The van der Waals surface area contributed by atoms with Gasteiger partial charge in [0.15, 0.2) is 5.96 Å². The van der Waals surface area contributed by atoms with Crippen LogP contribution in [0.2, 0.25) is 0 Å². The summed E-state index contributed by atoms with van der Waals surface area (Å²) in [6.45, 7) is 8.47. The molecule has 0 saturated heterocycles. The summed E-state index contributed by atoms with van der Waals surface area (Å²) in [7, 11) is 0. The van der Waals surface area contributed by atoms with Crippen molar-refractivity contribution in [2.75, 3.05) is 6.61 Å². The molecule has 1 fully saturated rings. The van der Waals surface area contributed by atoms with Crippen LogP contribution in [0.15, 0.2) is 47.7 Å². The number of carbonyl (C=O) groups excluding carboxylic acids is 2. The van der Waals surface area contributed by atoms with Gasteiger partial charge in [0.1, 0.15) is 11.6 Å². The summed E-state index contributed by atoms with van der Waals surface area (Å²) >= 11 is 0. The van der Waals surface area contributed by atoms with Crippen molar-refractivity contribution in [2.45, 2.75) is 64.6 Å². The van der Waals surface area contributed by atoms with Crippen molar-refractivity contribution in [1.82, 2.24) is 15.2 Å². The number of hydrogen-bond acceptors (Lipinski definition) is 6. The second-order valence-corrected chi connectivity index (χ2v) is 11.4. The summed E-state index contributed by atoms with van der Waals surface area (Å²) in [5.74, 6) is -0.539. The number of halogens is 1. The number of para-hydroxylation sites is 1. The number of guanidine groups is 1. The molecule has 1 saturated carbocycles. The highest BCUT2D eigenvalue weighted by Gasteiger charge is 2.54. The molecule has 2 aliphatic heterocycles. The van der Waals surface area contributed by atoms with Crippen LogP contribution in [-0.2, 0) is 9.59 Å². The number of rotatable bonds is 6. The lowest BCUT2D eigenvalue weighted by Gasteiger charge is -2.40. The third-order valence-corrected chi connectivity index (χ3v) is 8.02. The van der Waals surface area contributed by atoms with E-state index in [1.807, 2.05) is 38.1 Å². The van der Waals surface area contributed by atoms with Crippen molar-refractivity contribution in [3.05, 3.63) is 59.7 Å². The first-order valence-corrected chi connectivity index (χ1v) is 12.8. The van der Waals surface area contributed by atoms with Gasteiger partial charge in [-0.15, -0.1) is 0 Å². The van der Waals surface area contributed by atoms with Gasteiger partial charge in [-0.2, -0.15) is 0 Å². The van der Waals surface area contributed by atoms with Crippen LogP contribution >= 0.6 is 0 Å². The smallest absolute Gasteiger partial charge is 0.232 e. The fourth-order valence-electron chi connectivity index (χ4n) is 5.59. The van der Waals surface area contributed by atoms with Gasteiger partial charge in [0.05, 0.1) is 36.8 Å². The normalized spacial score (nSPS) is 29.0. The predicted octanol–water partition coefficient (Wildman–Crippen LogP) is 3.89. The van der Waals surface area contributed by atoms with Crippen LogP contribution < -0.4 is 15.8 Å². The molecule has 3 N–H and O–H groups in total. The van der Waals surface area contributed by atoms with E-state index in [-0.39, 0.29) is 47.5 Å². The Hall–Kier alpha value is -3.49. The van der Waals surface area contributed by atoms with Crippen molar-refractivity contribution in [1.29, 1.82) is 0 Å². The standard InChI is InChI=1S/C28H34FN5O3/c1-5-28(4)12-22(35)34(26(30)33-28)23(16-10-17(29)14-31-13-16)19-11-20(19)25(36)32-24-18-8-6-7-9-21(18)37-15-27(24,2)3/h6-10,13-14,19-20,23-24H,5,11-12,15H2,1-4H3,(H2,30,33)(H,32,36)/t19?,20?,23?,24-,28+/m1/s1. The number of nitrogens with one attached hydrogen (secondary N) is 1. The lowest BCUT2D eigenvalue weighted by atomic mass is 9.79. The number of hydrogen-bond donors (Lipinski definition) is 2. The Morgan fingerprint density at radius 3 is 2.76 bits per heavy atom. The van der Waals surface area contributed by atoms with Crippen LogP contribution in [0, 0.1) is 23.1 Å². The molecule has 2 amide bonds. The van der Waals surface area contributed by atoms with Crippen molar-refractivity contribution in [2.24, 2.45) is 28.0 Å². The molecule has 8 nitrogen and oxygen atoms in total. The monoisotopic (exact) mass is 507 g/mol. The summed E-state index contributed by atoms with van der Waals surface area (Å²) in [5.41, 5.74) is 6.90. The van der Waals surface area contributed by atoms with Gasteiger partial charge in [-0.05, 0) is 43.4 Å². The number of aliphatic imine (C=N–C) groups is 1. The van der Waals surface area contributed by atoms with Crippen LogP contribution in [0.3, 0.4) is 0 Å². The minimum atomic E-state index is -0.633. The van der Waals surface area contributed by atoms with Crippen LogP contribution in [0.4, 0.5) is 4.39 Å². The Balaban J connectivity index is 1.43. The number of ether oxygens (including phenoxy) is 1. The molecule has 3 unspecified atom stereocenters. The Bertz CT molecular complexity index is 1260. The van der Waals surface area contributed by atoms with Gasteiger partial charge < -0.3 is 15.8 Å². The number of aromatic nitrogens is 1. The van der Waals surface area contributed by atoms with E-state index >= 15 is 0 Å². The lowest BCUT2D eigenvalue weighted by molar-refractivity contribution is -0.132. The summed E-state index contributed by atoms with van der Waals surface area (Å²) in [5, 5.41) is 3.25. The molecule has 9 heteroatoms. The van der Waals surface area contributed by atoms with Crippen molar-refractivity contribution in [3.63, 3.8) is 0 Å². The Kier molecular flexibility index (Phi) is 6.20. The number of carbonyl (C=O) groups is 2. The van der Waals surface area contributed by atoms with Crippen LogP contribution in [-0.4, -0.2) is 39.8 Å². The summed E-state index contributed by atoms with van der Waals surface area (Å²) in [6, 6.07) is 8.23. The lowest BCUT2D eigenvalue weighted by Crippen LogP contribution is -2.52. The molecule has 1 aliphatic carbocycles. The fraction of sp³-hybridized carbons (Fsp3) is 0.500. The van der Waals surface area contributed by atoms with Crippen LogP contribution in [0.1, 0.15) is 70.2 Å². The molecule has 3 aliphatic rings. The Morgan fingerprint density at radius 2 is 2.05 bits per heavy atom.